The van der Waals surface area contributed by atoms with Gasteiger partial charge in [-0.15, -0.1) is 0 Å². The van der Waals surface area contributed by atoms with Crippen LogP contribution in [0.5, 0.6) is 0 Å². The second kappa shape index (κ2) is 49.6. The van der Waals surface area contributed by atoms with Gasteiger partial charge in [-0.1, -0.05) is 208 Å². The number of aliphatic hydroxyl groups is 11. The molecule has 17 atom stereocenters. The molecule has 0 radical (unpaired) electrons. The second-order valence-electron chi connectivity index (χ2n) is 23.5. The molecule has 3 aliphatic rings. The zero-order chi connectivity index (χ0) is 63.3. The van der Waals surface area contributed by atoms with Gasteiger partial charge < -0.3 is 89.9 Å². The average Bonchev–Trinajstić information content (AvgIpc) is 1.10. The van der Waals surface area contributed by atoms with Crippen LogP contribution in [0.2, 0.25) is 0 Å². The number of nitrogens with one attached hydrogen (secondary N) is 1. The van der Waals surface area contributed by atoms with E-state index in [1.54, 1.807) is 6.08 Å². The van der Waals surface area contributed by atoms with Crippen LogP contribution in [0.3, 0.4) is 0 Å². The third kappa shape index (κ3) is 32.2. The molecular weight excluding hydrogens is 1120 g/mol. The van der Waals surface area contributed by atoms with Crippen molar-refractivity contribution in [2.45, 2.75) is 311 Å². The fourth-order valence-corrected chi connectivity index (χ4v) is 10.8. The average molecular weight is 1240 g/mol. The third-order valence-corrected chi connectivity index (χ3v) is 16.2. The molecule has 0 aromatic rings. The zero-order valence-corrected chi connectivity index (χ0v) is 52.7. The van der Waals surface area contributed by atoms with E-state index in [9.17, 15) is 61.0 Å². The van der Waals surface area contributed by atoms with E-state index < -0.39 is 124 Å². The summed E-state index contributed by atoms with van der Waals surface area (Å²) in [6.07, 6.45) is 35.6. The summed E-state index contributed by atoms with van der Waals surface area (Å²) in [4.78, 5) is 13.4. The monoisotopic (exact) mass is 1240 g/mol. The lowest BCUT2D eigenvalue weighted by atomic mass is 9.96. The molecule has 0 aromatic heterocycles. The molecule has 87 heavy (non-hydrogen) atoms. The van der Waals surface area contributed by atoms with Crippen LogP contribution in [0.15, 0.2) is 85.1 Å². The molecule has 3 fully saturated rings. The predicted molar refractivity (Wildman–Crippen MR) is 337 cm³/mol. The molecule has 3 heterocycles. The molecule has 17 unspecified atom stereocenters. The van der Waals surface area contributed by atoms with Crippen molar-refractivity contribution in [3.63, 3.8) is 0 Å². The number of amides is 1. The molecule has 0 saturated carbocycles. The molecule has 502 valence electrons. The van der Waals surface area contributed by atoms with Crippen molar-refractivity contribution in [3.8, 4) is 0 Å². The highest BCUT2D eigenvalue weighted by Crippen LogP contribution is 2.33. The molecule has 0 bridgehead atoms. The van der Waals surface area contributed by atoms with Crippen molar-refractivity contribution in [2.24, 2.45) is 0 Å². The Kier molecular flexibility index (Phi) is 44.6. The Morgan fingerprint density at radius 2 is 0.805 bits per heavy atom. The van der Waals surface area contributed by atoms with Crippen LogP contribution in [-0.2, 0) is 33.2 Å². The van der Waals surface area contributed by atoms with Crippen LogP contribution < -0.4 is 5.32 Å². The zero-order valence-electron chi connectivity index (χ0n) is 52.7. The number of hydrogen-bond donors (Lipinski definition) is 12. The number of carbonyl (C=O) groups excluding carboxylic acids is 1. The lowest BCUT2D eigenvalue weighted by Gasteiger charge is -2.48. The quantitative estimate of drug-likeness (QED) is 0.0203. The summed E-state index contributed by atoms with van der Waals surface area (Å²) in [5.41, 5.74) is 0. The van der Waals surface area contributed by atoms with Gasteiger partial charge in [-0.05, 0) is 77.0 Å². The summed E-state index contributed by atoms with van der Waals surface area (Å²) >= 11 is 0. The van der Waals surface area contributed by atoms with E-state index >= 15 is 0 Å². The highest BCUT2D eigenvalue weighted by Gasteiger charge is 2.53. The molecular formula is C68H117NO18. The van der Waals surface area contributed by atoms with E-state index in [0.29, 0.717) is 12.8 Å². The Bertz CT molecular complexity index is 1910. The van der Waals surface area contributed by atoms with Crippen LogP contribution in [0.1, 0.15) is 206 Å². The van der Waals surface area contributed by atoms with Gasteiger partial charge in [-0.3, -0.25) is 4.79 Å². The third-order valence-electron chi connectivity index (χ3n) is 16.2. The summed E-state index contributed by atoms with van der Waals surface area (Å²) in [6, 6.07) is -0.996. The van der Waals surface area contributed by atoms with Crippen molar-refractivity contribution in [1.29, 1.82) is 0 Å². The topological polar surface area (TPSA) is 307 Å². The van der Waals surface area contributed by atoms with E-state index in [4.69, 9.17) is 28.4 Å². The molecule has 3 saturated heterocycles. The number of rotatable bonds is 49. The molecule has 0 spiro atoms. The summed E-state index contributed by atoms with van der Waals surface area (Å²) in [7, 11) is 0. The van der Waals surface area contributed by atoms with Gasteiger partial charge in [0.1, 0.15) is 73.2 Å². The second-order valence-corrected chi connectivity index (χ2v) is 23.5. The molecule has 12 N–H and O–H groups in total. The van der Waals surface area contributed by atoms with Crippen molar-refractivity contribution in [1.82, 2.24) is 5.32 Å². The molecule has 0 aliphatic carbocycles. The minimum absolute atomic E-state index is 0.227. The summed E-state index contributed by atoms with van der Waals surface area (Å²) in [6.45, 7) is 1.58. The fourth-order valence-electron chi connectivity index (χ4n) is 10.8. The Balaban J connectivity index is 1.44. The lowest BCUT2D eigenvalue weighted by Crippen LogP contribution is -2.66. The van der Waals surface area contributed by atoms with Crippen molar-refractivity contribution < 1.29 is 89.4 Å². The predicted octanol–water partition coefficient (Wildman–Crippen LogP) is 7.93. The maximum atomic E-state index is 13.4. The lowest BCUT2D eigenvalue weighted by molar-refractivity contribution is -0.379. The van der Waals surface area contributed by atoms with Gasteiger partial charge in [-0.2, -0.15) is 0 Å². The van der Waals surface area contributed by atoms with Gasteiger partial charge in [0, 0.05) is 6.42 Å². The Hall–Kier alpha value is -3.03. The van der Waals surface area contributed by atoms with Crippen LogP contribution in [0, 0.1) is 0 Å². The first-order chi connectivity index (χ1) is 42.3. The summed E-state index contributed by atoms with van der Waals surface area (Å²) in [5.74, 6) is -0.293. The maximum absolute atomic E-state index is 13.4. The molecule has 3 aliphatic heterocycles. The number of allylic oxidation sites excluding steroid dienone is 13. The molecule has 19 heteroatoms. The number of ether oxygens (including phenoxy) is 6. The van der Waals surface area contributed by atoms with Crippen molar-refractivity contribution >= 4 is 5.91 Å². The van der Waals surface area contributed by atoms with Gasteiger partial charge in [0.05, 0.1) is 38.6 Å². The van der Waals surface area contributed by atoms with Crippen molar-refractivity contribution in [2.75, 3.05) is 26.4 Å². The van der Waals surface area contributed by atoms with Gasteiger partial charge >= 0.3 is 0 Å². The standard InChI is InChI=1S/C68H117NO18/c1-3-5-7-9-11-13-15-17-19-20-21-22-23-24-25-26-27-28-29-30-32-34-36-38-40-42-44-46-56(74)69-51(52(73)45-43-41-39-37-35-33-31-18-16-14-12-10-8-6-4-2)50-82-66-62(80)59(77)64(54(48-71)84-66)87-68-63(81)60(78)65(55(49-72)85-68)86-67-61(79)58(76)57(75)53(47-70)83-67/h5,7,11,13,17,19,21-22,24-25,35,37,43,45,51-55,57-68,70-73,75-81H,3-4,6,8-10,12,14-16,18,20,23,26-34,36,38-42,44,46-50H2,1-2H3,(H,69,74)/b7-5-,13-11-,19-17-,22-21-,25-24-,37-35+,45-43+. The number of carbonyl (C=O) groups is 1. The van der Waals surface area contributed by atoms with Crippen LogP contribution in [0.4, 0.5) is 0 Å². The Morgan fingerprint density at radius 1 is 0.425 bits per heavy atom. The van der Waals surface area contributed by atoms with Gasteiger partial charge in [0.2, 0.25) is 5.91 Å². The first-order valence-electron chi connectivity index (χ1n) is 33.3. The normalized spacial score (nSPS) is 29.1. The van der Waals surface area contributed by atoms with E-state index in [2.05, 4.69) is 92.1 Å². The van der Waals surface area contributed by atoms with Crippen LogP contribution in [0.25, 0.3) is 0 Å². The molecule has 1 amide bonds. The minimum atomic E-state index is -1.98. The number of hydrogen-bond acceptors (Lipinski definition) is 18. The van der Waals surface area contributed by atoms with Crippen LogP contribution >= 0.6 is 0 Å². The van der Waals surface area contributed by atoms with E-state index in [1.165, 1.54) is 89.9 Å². The Labute approximate surface area is 520 Å². The Morgan fingerprint density at radius 3 is 1.29 bits per heavy atom. The van der Waals surface area contributed by atoms with E-state index in [1.807, 2.05) is 6.08 Å². The smallest absolute Gasteiger partial charge is 0.220 e. The first kappa shape index (κ1) is 78.2. The van der Waals surface area contributed by atoms with Gasteiger partial charge in [-0.25, -0.2) is 0 Å². The first-order valence-corrected chi connectivity index (χ1v) is 33.3. The molecule has 3 rings (SSSR count). The summed E-state index contributed by atoms with van der Waals surface area (Å²) < 4.78 is 34.3. The molecule has 19 nitrogen and oxygen atoms in total. The number of aliphatic hydroxyl groups excluding tert-OH is 11. The maximum Gasteiger partial charge on any atom is 0.220 e. The van der Waals surface area contributed by atoms with Gasteiger partial charge in [0.25, 0.3) is 0 Å². The fraction of sp³-hybridized carbons (Fsp3) is 0.779. The highest BCUT2D eigenvalue weighted by molar-refractivity contribution is 5.76. The molecule has 0 aromatic carbocycles. The van der Waals surface area contributed by atoms with Gasteiger partial charge in [0.15, 0.2) is 18.9 Å². The highest BCUT2D eigenvalue weighted by atomic mass is 16.8. The largest absolute Gasteiger partial charge is 0.394 e. The van der Waals surface area contributed by atoms with E-state index in [0.717, 1.165) is 83.5 Å². The SMILES string of the molecule is CC/C=C\C/C=C\C/C=C\C/C=C\C/C=C\CCCCCCCCCCCCCC(=O)NC(COC1OC(CO)C(OC2OC(CO)C(OC3OC(CO)C(O)C(O)C3O)C(O)C2O)C(O)C1O)C(O)/C=C/CC/C=C/CCCCCCCCCCC. The van der Waals surface area contributed by atoms with E-state index in [-0.39, 0.29) is 18.9 Å². The van der Waals surface area contributed by atoms with Crippen LogP contribution in [-0.4, -0.2) is 193 Å². The minimum Gasteiger partial charge on any atom is -0.394 e. The summed E-state index contributed by atoms with van der Waals surface area (Å²) in [5, 5.41) is 120. The van der Waals surface area contributed by atoms with Crippen molar-refractivity contribution in [3.05, 3.63) is 85.1 Å². The number of unbranched alkanes of at least 4 members (excludes halogenated alkanes) is 21.